The van der Waals surface area contributed by atoms with Gasteiger partial charge in [0.25, 0.3) is 0 Å². The molecule has 210 valence electrons. The van der Waals surface area contributed by atoms with Crippen molar-refractivity contribution in [1.29, 1.82) is 0 Å². The Labute approximate surface area is 246 Å². The molecule has 3 unspecified atom stereocenters. The van der Waals surface area contributed by atoms with Gasteiger partial charge in [-0.05, 0) is 48.5 Å². The number of amides is 3. The molecule has 0 saturated carbocycles. The molecule has 6 rings (SSSR count). The third-order valence-corrected chi connectivity index (χ3v) is 9.92. The zero-order chi connectivity index (χ0) is 29.1. The molecule has 1 N–H and O–H groups in total. The molecule has 4 aromatic rings. The Morgan fingerprint density at radius 3 is 2.41 bits per heavy atom. The van der Waals surface area contributed by atoms with Crippen LogP contribution in [-0.2, 0) is 27.1 Å². The van der Waals surface area contributed by atoms with Crippen molar-refractivity contribution in [2.75, 3.05) is 10.2 Å². The van der Waals surface area contributed by atoms with Crippen molar-refractivity contribution in [3.63, 3.8) is 0 Å². The second kappa shape index (κ2) is 10.3. The standard InChI is InChI=1S/C27H17BrF3N3O5S2/c28-13-7-9-14(10-8-13)34-23(36)20-19(17-6-3-11-39-17)22-25(40-21(20)24(34)37)33(26(38)41-22)12-18(35)32-16-5-2-1-4-15(16)27(29,30)31/h1-11,19-21H,12H2,(H,32,35). The zero-order valence-electron chi connectivity index (χ0n) is 20.6. The minimum Gasteiger partial charge on any atom is -0.469 e. The number of anilines is 2. The molecule has 0 aliphatic carbocycles. The maximum absolute atomic E-state index is 13.7. The third-order valence-electron chi connectivity index (χ3n) is 6.79. The number of aromatic nitrogens is 1. The summed E-state index contributed by atoms with van der Waals surface area (Å²) in [5, 5.41) is 1.61. The number of benzene rings is 2. The van der Waals surface area contributed by atoms with Gasteiger partial charge in [-0.3, -0.25) is 23.7 Å². The van der Waals surface area contributed by atoms with Crippen LogP contribution in [0.15, 0.2) is 85.6 Å². The van der Waals surface area contributed by atoms with Gasteiger partial charge in [0.1, 0.15) is 17.6 Å². The number of imide groups is 1. The summed E-state index contributed by atoms with van der Waals surface area (Å²) in [5.74, 6) is -3.08. The van der Waals surface area contributed by atoms with Gasteiger partial charge in [-0.2, -0.15) is 13.2 Å². The Bertz CT molecular complexity index is 1730. The van der Waals surface area contributed by atoms with E-state index in [4.69, 9.17) is 4.42 Å². The molecule has 8 nitrogen and oxygen atoms in total. The van der Waals surface area contributed by atoms with Crippen LogP contribution in [0, 0.1) is 5.92 Å². The molecule has 0 spiro atoms. The van der Waals surface area contributed by atoms with Gasteiger partial charge in [0, 0.05) is 4.47 Å². The van der Waals surface area contributed by atoms with E-state index < -0.39 is 63.7 Å². The van der Waals surface area contributed by atoms with Gasteiger partial charge in [-0.15, -0.1) is 0 Å². The topological polar surface area (TPSA) is 102 Å². The maximum atomic E-state index is 13.7. The molecular weight excluding hydrogens is 647 g/mol. The molecule has 4 heterocycles. The predicted molar refractivity (Wildman–Crippen MR) is 149 cm³/mol. The number of halogens is 4. The zero-order valence-corrected chi connectivity index (χ0v) is 23.8. The second-order valence-electron chi connectivity index (χ2n) is 9.26. The summed E-state index contributed by atoms with van der Waals surface area (Å²) < 4.78 is 47.8. The summed E-state index contributed by atoms with van der Waals surface area (Å²) in [7, 11) is 0. The SMILES string of the molecule is O=C(Cn1c2c(sc1=O)C(c1ccco1)C1C(=O)N(c3ccc(Br)cc3)C(=O)C1S2)Nc1ccccc1C(F)(F)F. The van der Waals surface area contributed by atoms with Gasteiger partial charge in [0.05, 0.1) is 44.9 Å². The molecule has 14 heteroatoms. The number of rotatable bonds is 5. The minimum absolute atomic E-state index is 0.292. The Kier molecular flexibility index (Phi) is 6.94. The Morgan fingerprint density at radius 2 is 1.73 bits per heavy atom. The van der Waals surface area contributed by atoms with E-state index in [1.54, 1.807) is 36.4 Å². The van der Waals surface area contributed by atoms with Gasteiger partial charge in [-0.1, -0.05) is 51.2 Å². The van der Waals surface area contributed by atoms with Crippen LogP contribution in [0.25, 0.3) is 0 Å². The quantitative estimate of drug-likeness (QED) is 0.274. The van der Waals surface area contributed by atoms with Crippen molar-refractivity contribution in [2.45, 2.75) is 28.9 Å². The number of para-hydroxylation sites is 1. The molecule has 3 amide bonds. The number of alkyl halides is 3. The fourth-order valence-corrected chi connectivity index (χ4v) is 8.07. The van der Waals surface area contributed by atoms with Crippen LogP contribution in [0.3, 0.4) is 0 Å². The van der Waals surface area contributed by atoms with E-state index in [0.29, 0.717) is 21.4 Å². The lowest BCUT2D eigenvalue weighted by Gasteiger charge is -2.29. The number of fused-ring (bicyclic) bond motifs is 2. The molecular formula is C27H17BrF3N3O5S2. The van der Waals surface area contributed by atoms with Crippen LogP contribution in [-0.4, -0.2) is 27.5 Å². The van der Waals surface area contributed by atoms with Crippen molar-refractivity contribution in [3.8, 4) is 0 Å². The molecule has 2 aromatic heterocycles. The highest BCUT2D eigenvalue weighted by molar-refractivity contribution is 9.10. The number of furan rings is 1. The van der Waals surface area contributed by atoms with Crippen LogP contribution >= 0.6 is 39.0 Å². The number of nitrogens with one attached hydrogen (secondary N) is 1. The number of carbonyl (C=O) groups excluding carboxylic acids is 3. The highest BCUT2D eigenvalue weighted by Gasteiger charge is 2.57. The van der Waals surface area contributed by atoms with Crippen LogP contribution in [0.2, 0.25) is 0 Å². The minimum atomic E-state index is -4.69. The number of thiazole rings is 1. The second-order valence-corrected chi connectivity index (χ2v) is 12.3. The monoisotopic (exact) mass is 663 g/mol. The number of thioether (sulfide) groups is 1. The lowest BCUT2D eigenvalue weighted by molar-refractivity contribution is -0.137. The molecule has 41 heavy (non-hydrogen) atoms. The third kappa shape index (κ3) is 4.83. The normalized spacial score (nSPS) is 20.2. The van der Waals surface area contributed by atoms with Crippen LogP contribution in [0.1, 0.15) is 22.1 Å². The van der Waals surface area contributed by atoms with E-state index in [1.165, 1.54) is 18.4 Å². The molecule has 2 aromatic carbocycles. The molecule has 2 aliphatic heterocycles. The van der Waals surface area contributed by atoms with Crippen molar-refractivity contribution >= 4 is 68.1 Å². The number of hydrogen-bond donors (Lipinski definition) is 1. The van der Waals surface area contributed by atoms with Crippen molar-refractivity contribution in [3.05, 3.63) is 97.3 Å². The Hall–Kier alpha value is -3.62. The highest BCUT2D eigenvalue weighted by Crippen LogP contribution is 2.54. The highest BCUT2D eigenvalue weighted by atomic mass is 79.9. The summed E-state index contributed by atoms with van der Waals surface area (Å²) in [6, 6.07) is 14.5. The Balaban J connectivity index is 1.37. The van der Waals surface area contributed by atoms with E-state index >= 15 is 0 Å². The number of hydrogen-bond acceptors (Lipinski definition) is 7. The molecule has 2 aliphatic rings. The van der Waals surface area contributed by atoms with Crippen molar-refractivity contribution < 1.29 is 32.0 Å². The average Bonchev–Trinajstić information content (AvgIpc) is 3.62. The molecule has 1 saturated heterocycles. The van der Waals surface area contributed by atoms with E-state index in [1.807, 2.05) is 0 Å². The fraction of sp³-hybridized carbons (Fsp3) is 0.185. The lowest BCUT2D eigenvalue weighted by atomic mass is 9.87. The first-order valence-corrected chi connectivity index (χ1v) is 14.6. The number of carbonyl (C=O) groups is 3. The van der Waals surface area contributed by atoms with Crippen molar-refractivity contribution in [1.82, 2.24) is 4.57 Å². The van der Waals surface area contributed by atoms with Crippen LogP contribution in [0.4, 0.5) is 24.5 Å². The molecule has 0 bridgehead atoms. The van der Waals surface area contributed by atoms with E-state index in [-0.39, 0.29) is 0 Å². The molecule has 3 atom stereocenters. The lowest BCUT2D eigenvalue weighted by Crippen LogP contribution is -2.32. The van der Waals surface area contributed by atoms with Crippen LogP contribution < -0.4 is 15.1 Å². The summed E-state index contributed by atoms with van der Waals surface area (Å²) >= 11 is 5.14. The summed E-state index contributed by atoms with van der Waals surface area (Å²) in [6.07, 6.45) is -3.27. The fourth-order valence-electron chi connectivity index (χ4n) is 5.05. The van der Waals surface area contributed by atoms with E-state index in [9.17, 15) is 32.3 Å². The summed E-state index contributed by atoms with van der Waals surface area (Å²) in [6.45, 7) is -0.593. The van der Waals surface area contributed by atoms with Gasteiger partial charge < -0.3 is 9.73 Å². The first-order valence-electron chi connectivity index (χ1n) is 12.1. The van der Waals surface area contributed by atoms with Gasteiger partial charge in [-0.25, -0.2) is 4.90 Å². The smallest absolute Gasteiger partial charge is 0.418 e. The van der Waals surface area contributed by atoms with E-state index in [0.717, 1.165) is 49.2 Å². The summed E-state index contributed by atoms with van der Waals surface area (Å²) in [4.78, 5) is 54.4. The molecule has 1 fully saturated rings. The first kappa shape index (κ1) is 27.5. The predicted octanol–water partition coefficient (Wildman–Crippen LogP) is 5.72. The average molecular weight is 664 g/mol. The first-order chi connectivity index (χ1) is 19.5. The van der Waals surface area contributed by atoms with Crippen molar-refractivity contribution in [2.24, 2.45) is 5.92 Å². The van der Waals surface area contributed by atoms with Gasteiger partial charge >= 0.3 is 11.0 Å². The Morgan fingerprint density at radius 1 is 1.00 bits per heavy atom. The van der Waals surface area contributed by atoms with Gasteiger partial charge in [0.15, 0.2) is 0 Å². The van der Waals surface area contributed by atoms with Crippen LogP contribution in [0.5, 0.6) is 0 Å². The largest absolute Gasteiger partial charge is 0.469 e. The van der Waals surface area contributed by atoms with E-state index in [2.05, 4.69) is 21.2 Å². The molecule has 0 radical (unpaired) electrons. The maximum Gasteiger partial charge on any atom is 0.418 e. The summed E-state index contributed by atoms with van der Waals surface area (Å²) in [5.41, 5.74) is -1.07. The number of nitrogens with zero attached hydrogens (tertiary/aromatic N) is 2. The van der Waals surface area contributed by atoms with Gasteiger partial charge in [0.2, 0.25) is 17.7 Å².